The molecule has 0 bridgehead atoms. The molecule has 0 saturated heterocycles. The average molecular weight is 521 g/mol. The molecular weight excluding hydrogens is 497 g/mol. The van der Waals surface area contributed by atoms with Crippen LogP contribution < -0.4 is 5.73 Å². The van der Waals surface area contributed by atoms with Gasteiger partial charge in [-0.25, -0.2) is 4.39 Å². The number of aliphatic hydroxyl groups is 4. The summed E-state index contributed by atoms with van der Waals surface area (Å²) in [5, 5.41) is 55.6. The van der Waals surface area contributed by atoms with E-state index < -0.39 is 81.8 Å². The van der Waals surface area contributed by atoms with Crippen LogP contribution in [-0.4, -0.2) is 54.7 Å². The zero-order valence-electron chi connectivity index (χ0n) is 20.1. The molecule has 2 aromatic carbocycles. The molecule has 0 aliphatic heterocycles. The highest BCUT2D eigenvalue weighted by Gasteiger charge is 2.64. The van der Waals surface area contributed by atoms with Gasteiger partial charge in [0.25, 0.3) is 5.91 Å². The molecule has 0 radical (unpaired) electrons. The van der Waals surface area contributed by atoms with Gasteiger partial charge in [0.05, 0.1) is 11.7 Å². The van der Waals surface area contributed by atoms with Crippen LogP contribution in [0, 0.1) is 17.7 Å². The minimum absolute atomic E-state index is 0.0990. The van der Waals surface area contributed by atoms with E-state index in [4.69, 9.17) is 5.73 Å². The highest BCUT2D eigenvalue weighted by atomic mass is 19.1. The number of aromatic hydroxyl groups is 1. The van der Waals surface area contributed by atoms with E-state index in [9.17, 15) is 44.3 Å². The number of ketones is 2. The first-order valence-corrected chi connectivity index (χ1v) is 11.8. The Labute approximate surface area is 215 Å². The number of phenols is 1. The number of carbonyl (C=O) groups is 3. The van der Waals surface area contributed by atoms with Crippen LogP contribution in [0.4, 0.5) is 4.39 Å². The summed E-state index contributed by atoms with van der Waals surface area (Å²) in [5.74, 6) is -9.50. The van der Waals surface area contributed by atoms with Gasteiger partial charge in [0.2, 0.25) is 5.78 Å². The number of nitrogens with two attached hydrogens (primary N) is 1. The van der Waals surface area contributed by atoms with Crippen molar-refractivity contribution >= 4 is 35.4 Å². The molecule has 9 nitrogen and oxygen atoms in total. The smallest absolute Gasteiger partial charge is 0.255 e. The first-order chi connectivity index (χ1) is 17.9. The van der Waals surface area contributed by atoms with Crippen molar-refractivity contribution in [2.24, 2.45) is 17.6 Å². The lowest BCUT2D eigenvalue weighted by Gasteiger charge is -2.50. The molecule has 1 amide bonds. The number of hydrogen-bond acceptors (Lipinski definition) is 8. The van der Waals surface area contributed by atoms with Crippen molar-refractivity contribution in [3.63, 3.8) is 0 Å². The third-order valence-corrected chi connectivity index (χ3v) is 7.86. The minimum Gasteiger partial charge on any atom is -0.508 e. The van der Waals surface area contributed by atoms with Crippen molar-refractivity contribution in [1.82, 2.24) is 0 Å². The summed E-state index contributed by atoms with van der Waals surface area (Å²) >= 11 is 0. The number of aliphatic hydroxyl groups excluding tert-OH is 3. The second kappa shape index (κ2) is 8.64. The van der Waals surface area contributed by atoms with Gasteiger partial charge in [0.1, 0.15) is 28.7 Å². The second-order valence-electron chi connectivity index (χ2n) is 9.84. The van der Waals surface area contributed by atoms with Crippen molar-refractivity contribution in [1.29, 1.82) is 0 Å². The number of benzene rings is 2. The average Bonchev–Trinajstić information content (AvgIpc) is 2.86. The van der Waals surface area contributed by atoms with Gasteiger partial charge in [-0.05, 0) is 29.2 Å². The van der Waals surface area contributed by atoms with Gasteiger partial charge in [-0.2, -0.15) is 0 Å². The summed E-state index contributed by atoms with van der Waals surface area (Å²) < 4.78 is 13.2. The van der Waals surface area contributed by atoms with Gasteiger partial charge in [-0.1, -0.05) is 43.3 Å². The normalized spacial score (nSPS) is 28.8. The van der Waals surface area contributed by atoms with E-state index >= 15 is 0 Å². The lowest BCUT2D eigenvalue weighted by Crippen LogP contribution is -2.63. The maximum Gasteiger partial charge on any atom is 0.255 e. The van der Waals surface area contributed by atoms with Gasteiger partial charge in [0.15, 0.2) is 11.4 Å². The Bertz CT molecular complexity index is 1510. The third kappa shape index (κ3) is 3.41. The molecule has 2 aromatic rings. The van der Waals surface area contributed by atoms with Gasteiger partial charge < -0.3 is 31.3 Å². The zero-order valence-corrected chi connectivity index (χ0v) is 20.1. The van der Waals surface area contributed by atoms with E-state index in [1.165, 1.54) is 30.3 Å². The van der Waals surface area contributed by atoms with Crippen molar-refractivity contribution in [2.45, 2.75) is 31.0 Å². The predicted octanol–water partition coefficient (Wildman–Crippen LogP) is 2.27. The fourth-order valence-corrected chi connectivity index (χ4v) is 5.91. The molecule has 1 saturated carbocycles. The van der Waals surface area contributed by atoms with Crippen molar-refractivity contribution in [3.05, 3.63) is 81.4 Å². The van der Waals surface area contributed by atoms with E-state index in [1.54, 1.807) is 25.1 Å². The first kappa shape index (κ1) is 25.4. The highest BCUT2D eigenvalue weighted by Crippen LogP contribution is 2.55. The van der Waals surface area contributed by atoms with E-state index in [2.05, 4.69) is 0 Å². The molecule has 5 rings (SSSR count). The van der Waals surface area contributed by atoms with Crippen molar-refractivity contribution in [2.75, 3.05) is 0 Å². The fraction of sp³-hybridized carbons (Fsp3) is 0.250. The van der Waals surface area contributed by atoms with Crippen LogP contribution in [0.1, 0.15) is 41.5 Å². The van der Waals surface area contributed by atoms with Crippen LogP contribution in [-0.2, 0) is 14.4 Å². The molecule has 1 fully saturated rings. The number of hydrogen-bond donors (Lipinski definition) is 6. The summed E-state index contributed by atoms with van der Waals surface area (Å²) in [6.07, 6.45) is 0.919. The zero-order chi connectivity index (χ0) is 27.7. The molecule has 0 spiro atoms. The second-order valence-corrected chi connectivity index (χ2v) is 9.84. The Morgan fingerprint density at radius 3 is 2.37 bits per heavy atom. The van der Waals surface area contributed by atoms with Crippen LogP contribution in [0.15, 0.2) is 53.3 Å². The third-order valence-electron chi connectivity index (χ3n) is 7.86. The molecule has 7 N–H and O–H groups in total. The van der Waals surface area contributed by atoms with Crippen LogP contribution in [0.25, 0.3) is 17.9 Å². The maximum absolute atomic E-state index is 13.7. The van der Waals surface area contributed by atoms with Crippen LogP contribution >= 0.6 is 0 Å². The largest absolute Gasteiger partial charge is 0.508 e. The van der Waals surface area contributed by atoms with Crippen LogP contribution in [0.2, 0.25) is 0 Å². The number of primary amides is 1. The summed E-state index contributed by atoms with van der Waals surface area (Å²) in [6, 6.07) is 8.80. The van der Waals surface area contributed by atoms with E-state index in [1.807, 2.05) is 0 Å². The minimum atomic E-state index is -2.88. The summed E-state index contributed by atoms with van der Waals surface area (Å²) in [5.41, 5.74) is 2.11. The molecule has 196 valence electrons. The summed E-state index contributed by atoms with van der Waals surface area (Å²) in [4.78, 5) is 38.0. The monoisotopic (exact) mass is 521 g/mol. The Balaban J connectivity index is 1.66. The Morgan fingerprint density at radius 1 is 1.08 bits per heavy atom. The molecule has 0 aromatic heterocycles. The maximum atomic E-state index is 13.7. The molecule has 0 heterocycles. The Morgan fingerprint density at radius 2 is 1.74 bits per heavy atom. The number of Topliss-reactive ketones (excluding diaryl/α,β-unsaturated/α-hetero) is 2. The van der Waals surface area contributed by atoms with E-state index in [0.29, 0.717) is 11.1 Å². The number of fused-ring (bicyclic) bond motifs is 3. The Hall–Kier alpha value is -4.28. The number of phenolic OH excluding ortho intramolecular Hbond substituents is 1. The van der Waals surface area contributed by atoms with Gasteiger partial charge in [-0.15, -0.1) is 0 Å². The quantitative estimate of drug-likeness (QED) is 0.263. The van der Waals surface area contributed by atoms with Crippen LogP contribution in [0.3, 0.4) is 0 Å². The van der Waals surface area contributed by atoms with Crippen molar-refractivity contribution < 1.29 is 44.3 Å². The lowest BCUT2D eigenvalue weighted by molar-refractivity contribution is -0.160. The predicted molar refractivity (Wildman–Crippen MR) is 133 cm³/mol. The number of carbonyl (C=O) groups excluding carboxylic acids is 3. The number of amides is 1. The van der Waals surface area contributed by atoms with Crippen molar-refractivity contribution in [3.8, 4) is 5.75 Å². The van der Waals surface area contributed by atoms with Gasteiger partial charge >= 0.3 is 0 Å². The summed E-state index contributed by atoms with van der Waals surface area (Å²) in [6.45, 7) is 1.65. The van der Waals surface area contributed by atoms with Gasteiger partial charge in [-0.3, -0.25) is 14.4 Å². The Kier molecular flexibility index (Phi) is 5.77. The molecule has 0 unspecified atom stereocenters. The number of halogens is 1. The lowest BCUT2D eigenvalue weighted by atomic mass is 9.55. The molecular formula is C28H24FNO8. The number of rotatable bonds is 3. The first-order valence-electron chi connectivity index (χ1n) is 11.8. The van der Waals surface area contributed by atoms with E-state index in [0.717, 1.165) is 0 Å². The molecule has 10 heteroatoms. The molecule has 38 heavy (non-hydrogen) atoms. The van der Waals surface area contributed by atoms with E-state index in [-0.39, 0.29) is 16.9 Å². The molecule has 5 atom stereocenters. The molecule has 3 aliphatic carbocycles. The highest BCUT2D eigenvalue weighted by molar-refractivity contribution is 6.23. The fourth-order valence-electron chi connectivity index (χ4n) is 5.91. The molecule has 3 aliphatic rings. The standard InChI is InChI=1S/C28H24FNO8/c1-11-15-9-6-13(5-2-12-3-7-14(29)8-4-12)22(32)19(15)24(34)21-18(11)23(33)16-10-17(31)20(27(30)37)25(35)28(16,38)26(21)36/h2-9,11,16,18,23,32-35,38H,10H2,1H3,(H2,30,37)/b5-2+/t11-,16+,18+,23+,28+/m0/s1. The van der Waals surface area contributed by atoms with Crippen LogP contribution in [0.5, 0.6) is 5.75 Å². The van der Waals surface area contributed by atoms with Gasteiger partial charge in [0, 0.05) is 29.4 Å². The summed E-state index contributed by atoms with van der Waals surface area (Å²) in [7, 11) is 0. The topological polar surface area (TPSA) is 178 Å². The SMILES string of the molecule is C[C@H]1c2ccc(/C=C/c3ccc(F)cc3)c(O)c2C(O)=C2C(=O)[C@]3(O)C(O)=C(C(N)=O)C(=O)C[C@@H]3[C@@H](O)[C@@H]21.